The third-order valence-corrected chi connectivity index (χ3v) is 5.03. The van der Waals surface area contributed by atoms with Gasteiger partial charge in [-0.05, 0) is 27.0 Å². The number of hydrogen-bond acceptors (Lipinski definition) is 5. The van der Waals surface area contributed by atoms with Gasteiger partial charge in [0.25, 0.3) is 0 Å². The van der Waals surface area contributed by atoms with Crippen molar-refractivity contribution >= 4 is 17.7 Å². The Morgan fingerprint density at radius 2 is 2.05 bits per heavy atom. The van der Waals surface area contributed by atoms with Gasteiger partial charge in [0.1, 0.15) is 0 Å². The second kappa shape index (κ2) is 7.47. The molecule has 0 saturated carbocycles. The Balaban J connectivity index is 2.59. The first-order valence-electron chi connectivity index (χ1n) is 6.84. The van der Waals surface area contributed by atoms with Crippen LogP contribution in [0.15, 0.2) is 0 Å². The summed E-state index contributed by atoms with van der Waals surface area (Å²) in [5.74, 6) is 0.0365. The van der Waals surface area contributed by atoms with Crippen LogP contribution in [-0.4, -0.2) is 71.8 Å². The predicted octanol–water partition coefficient (Wildman–Crippen LogP) is -0.101. The van der Waals surface area contributed by atoms with E-state index in [4.69, 9.17) is 0 Å². The number of nitrogens with one attached hydrogen (secondary N) is 2. The molecule has 1 amide bonds. The number of amides is 1. The van der Waals surface area contributed by atoms with E-state index < -0.39 is 5.54 Å². The molecule has 2 unspecified atom stereocenters. The Hall–Kier alpha value is -0.300. The maximum Gasteiger partial charge on any atom is 0.240 e. The predicted molar refractivity (Wildman–Crippen MR) is 80.5 cm³/mol. The van der Waals surface area contributed by atoms with Gasteiger partial charge >= 0.3 is 0 Å². The van der Waals surface area contributed by atoms with E-state index in [1.165, 1.54) is 0 Å². The number of piperazine rings is 1. The second-order valence-electron chi connectivity index (χ2n) is 5.51. The van der Waals surface area contributed by atoms with Crippen molar-refractivity contribution in [1.29, 1.82) is 0 Å². The molecule has 1 aliphatic rings. The molecule has 3 N–H and O–H groups in total. The number of aliphatic hydroxyl groups is 1. The summed E-state index contributed by atoms with van der Waals surface area (Å²) >= 11 is 1.58. The van der Waals surface area contributed by atoms with Crippen molar-refractivity contribution in [2.45, 2.75) is 37.6 Å². The Morgan fingerprint density at radius 1 is 1.47 bits per heavy atom. The molecule has 0 aromatic rings. The molecule has 1 rings (SSSR count). The summed E-state index contributed by atoms with van der Waals surface area (Å²) in [6, 6.07) is -0.0327. The maximum absolute atomic E-state index is 12.4. The van der Waals surface area contributed by atoms with E-state index in [0.717, 1.165) is 26.2 Å². The van der Waals surface area contributed by atoms with E-state index in [0.29, 0.717) is 0 Å². The molecule has 0 radical (unpaired) electrons. The molecule has 19 heavy (non-hydrogen) atoms. The van der Waals surface area contributed by atoms with Crippen molar-refractivity contribution in [1.82, 2.24) is 15.5 Å². The molecule has 1 saturated heterocycles. The van der Waals surface area contributed by atoms with Gasteiger partial charge in [0.2, 0.25) is 5.91 Å². The van der Waals surface area contributed by atoms with Crippen LogP contribution in [0, 0.1) is 0 Å². The zero-order valence-electron chi connectivity index (χ0n) is 12.4. The average Bonchev–Trinajstić information content (AvgIpc) is 2.41. The SMILES string of the molecule is CSC(CO)C(C)NC(=O)C(C)(C)N1CCNCC1. The second-order valence-corrected chi connectivity index (χ2v) is 6.59. The van der Waals surface area contributed by atoms with Crippen LogP contribution < -0.4 is 10.6 Å². The minimum Gasteiger partial charge on any atom is -0.395 e. The smallest absolute Gasteiger partial charge is 0.240 e. The molecule has 0 aromatic carbocycles. The molecule has 2 atom stereocenters. The summed E-state index contributed by atoms with van der Waals surface area (Å²) in [5, 5.41) is 15.6. The summed E-state index contributed by atoms with van der Waals surface area (Å²) < 4.78 is 0. The molecule has 5 nitrogen and oxygen atoms in total. The highest BCUT2D eigenvalue weighted by atomic mass is 32.2. The Bertz CT molecular complexity index is 290. The number of aliphatic hydroxyl groups excluding tert-OH is 1. The van der Waals surface area contributed by atoms with Crippen LogP contribution in [0.1, 0.15) is 20.8 Å². The lowest BCUT2D eigenvalue weighted by Gasteiger charge is -2.40. The highest BCUT2D eigenvalue weighted by Gasteiger charge is 2.36. The van der Waals surface area contributed by atoms with Crippen LogP contribution >= 0.6 is 11.8 Å². The van der Waals surface area contributed by atoms with Crippen molar-refractivity contribution in [3.63, 3.8) is 0 Å². The van der Waals surface area contributed by atoms with Crippen molar-refractivity contribution in [3.05, 3.63) is 0 Å². The molecule has 0 bridgehead atoms. The van der Waals surface area contributed by atoms with Gasteiger partial charge in [-0.3, -0.25) is 9.69 Å². The van der Waals surface area contributed by atoms with Gasteiger partial charge in [-0.1, -0.05) is 0 Å². The highest BCUT2D eigenvalue weighted by Crippen LogP contribution is 2.17. The molecule has 0 aromatic heterocycles. The van der Waals surface area contributed by atoms with Gasteiger partial charge in [0, 0.05) is 37.5 Å². The van der Waals surface area contributed by atoms with Crippen molar-refractivity contribution < 1.29 is 9.90 Å². The fourth-order valence-electron chi connectivity index (χ4n) is 2.28. The van der Waals surface area contributed by atoms with Crippen LogP contribution in [0.2, 0.25) is 0 Å². The van der Waals surface area contributed by atoms with E-state index in [-0.39, 0.29) is 23.8 Å². The van der Waals surface area contributed by atoms with Gasteiger partial charge in [-0.25, -0.2) is 0 Å². The number of rotatable bonds is 6. The summed E-state index contributed by atoms with van der Waals surface area (Å²) in [6.45, 7) is 9.59. The summed E-state index contributed by atoms with van der Waals surface area (Å²) in [6.07, 6.45) is 1.95. The third kappa shape index (κ3) is 4.34. The first-order chi connectivity index (χ1) is 8.93. The first-order valence-corrected chi connectivity index (χ1v) is 8.12. The summed E-state index contributed by atoms with van der Waals surface area (Å²) in [5.41, 5.74) is -0.505. The van der Waals surface area contributed by atoms with E-state index in [1.54, 1.807) is 11.8 Å². The molecule has 1 aliphatic heterocycles. The van der Waals surface area contributed by atoms with E-state index in [2.05, 4.69) is 15.5 Å². The van der Waals surface area contributed by atoms with Crippen LogP contribution in [0.5, 0.6) is 0 Å². The summed E-state index contributed by atoms with van der Waals surface area (Å²) in [4.78, 5) is 14.7. The fourth-order valence-corrected chi connectivity index (χ4v) is 2.91. The molecule has 112 valence electrons. The molecular weight excluding hydrogens is 262 g/mol. The molecule has 6 heteroatoms. The Labute approximate surface area is 120 Å². The topological polar surface area (TPSA) is 64.6 Å². The number of thioether (sulfide) groups is 1. The number of carbonyl (C=O) groups excluding carboxylic acids is 1. The molecule has 0 spiro atoms. The van der Waals surface area contributed by atoms with Crippen LogP contribution in [0.4, 0.5) is 0 Å². The van der Waals surface area contributed by atoms with E-state index in [1.807, 2.05) is 27.0 Å². The van der Waals surface area contributed by atoms with Gasteiger partial charge in [-0.2, -0.15) is 11.8 Å². The Morgan fingerprint density at radius 3 is 2.53 bits per heavy atom. The maximum atomic E-state index is 12.4. The van der Waals surface area contributed by atoms with Crippen LogP contribution in [-0.2, 0) is 4.79 Å². The van der Waals surface area contributed by atoms with Gasteiger partial charge in [0.15, 0.2) is 0 Å². The van der Waals surface area contributed by atoms with Crippen LogP contribution in [0.25, 0.3) is 0 Å². The number of nitrogens with zero attached hydrogens (tertiary/aromatic N) is 1. The van der Waals surface area contributed by atoms with Crippen molar-refractivity contribution in [2.75, 3.05) is 39.0 Å². The highest BCUT2D eigenvalue weighted by molar-refractivity contribution is 7.99. The quantitative estimate of drug-likeness (QED) is 0.637. The molecule has 1 fully saturated rings. The van der Waals surface area contributed by atoms with Gasteiger partial charge in [-0.15, -0.1) is 0 Å². The largest absolute Gasteiger partial charge is 0.395 e. The zero-order valence-corrected chi connectivity index (χ0v) is 13.2. The van der Waals surface area contributed by atoms with Crippen molar-refractivity contribution in [2.24, 2.45) is 0 Å². The average molecular weight is 289 g/mol. The molecular formula is C13H27N3O2S. The monoisotopic (exact) mass is 289 g/mol. The lowest BCUT2D eigenvalue weighted by molar-refractivity contribution is -0.132. The normalized spacial score (nSPS) is 20.9. The lowest BCUT2D eigenvalue weighted by atomic mass is 9.99. The zero-order chi connectivity index (χ0) is 14.5. The van der Waals surface area contributed by atoms with E-state index in [9.17, 15) is 9.90 Å². The van der Waals surface area contributed by atoms with Crippen LogP contribution in [0.3, 0.4) is 0 Å². The lowest BCUT2D eigenvalue weighted by Crippen LogP contribution is -2.61. The van der Waals surface area contributed by atoms with Crippen molar-refractivity contribution in [3.8, 4) is 0 Å². The number of hydrogen-bond donors (Lipinski definition) is 3. The number of carbonyl (C=O) groups is 1. The summed E-state index contributed by atoms with van der Waals surface area (Å²) in [7, 11) is 0. The first kappa shape index (κ1) is 16.8. The fraction of sp³-hybridized carbons (Fsp3) is 0.923. The standard InChI is InChI=1S/C13H27N3O2S/c1-10(11(9-17)19-4)15-12(18)13(2,3)16-7-5-14-6-8-16/h10-11,14,17H,5-9H2,1-4H3,(H,15,18). The van der Waals surface area contributed by atoms with Gasteiger partial charge in [0.05, 0.1) is 12.1 Å². The minimum absolute atomic E-state index is 0.0327. The van der Waals surface area contributed by atoms with Gasteiger partial charge < -0.3 is 15.7 Å². The molecule has 0 aliphatic carbocycles. The third-order valence-electron chi connectivity index (χ3n) is 3.86. The van der Waals surface area contributed by atoms with E-state index >= 15 is 0 Å². The molecule has 1 heterocycles. The Kier molecular flexibility index (Phi) is 6.59. The minimum atomic E-state index is -0.505.